The number of sulfonamides is 1. The number of piperazine rings is 2. The predicted molar refractivity (Wildman–Crippen MR) is 145 cm³/mol. The van der Waals surface area contributed by atoms with Gasteiger partial charge in [0.1, 0.15) is 5.82 Å². The van der Waals surface area contributed by atoms with E-state index in [9.17, 15) is 18.3 Å². The molecule has 7 aliphatic rings. The van der Waals surface area contributed by atoms with Crippen LogP contribution in [0.15, 0.2) is 18.3 Å². The van der Waals surface area contributed by atoms with Crippen LogP contribution in [0.5, 0.6) is 0 Å². The molecule has 2 N–H and O–H groups in total. The van der Waals surface area contributed by atoms with Gasteiger partial charge in [0.15, 0.2) is 0 Å². The van der Waals surface area contributed by atoms with Crippen LogP contribution in [0.2, 0.25) is 0 Å². The first kappa shape index (κ1) is 24.9. The Morgan fingerprint density at radius 1 is 1.00 bits per heavy atom. The molecule has 0 spiro atoms. The van der Waals surface area contributed by atoms with Gasteiger partial charge in [-0.3, -0.25) is 0 Å². The van der Waals surface area contributed by atoms with E-state index in [4.69, 9.17) is 4.98 Å². The van der Waals surface area contributed by atoms with Gasteiger partial charge in [0, 0.05) is 45.3 Å². The molecule has 7 fully saturated rings. The number of fused-ring (bicyclic) bond motifs is 2. The SMILES string of the molecule is CS(=O)(=O)N1CCN(c2ccc(N3CC4CCC(C3)N4C(=O)NC3C4CC5CC3CC(O)(C5)C4)nc2)CC1. The van der Waals surface area contributed by atoms with Crippen LogP contribution in [0, 0.1) is 17.8 Å². The van der Waals surface area contributed by atoms with Gasteiger partial charge in [0.05, 0.1) is 35.8 Å². The molecule has 38 heavy (non-hydrogen) atoms. The van der Waals surface area contributed by atoms with E-state index in [1.165, 1.54) is 10.6 Å². The molecule has 4 saturated carbocycles. The number of hydrogen-bond donors (Lipinski definition) is 2. The number of urea groups is 1. The highest BCUT2D eigenvalue weighted by Gasteiger charge is 2.55. The fraction of sp³-hybridized carbons (Fsp3) is 0.778. The Morgan fingerprint density at radius 2 is 1.66 bits per heavy atom. The quantitative estimate of drug-likeness (QED) is 0.591. The van der Waals surface area contributed by atoms with Gasteiger partial charge < -0.3 is 25.1 Å². The third kappa shape index (κ3) is 4.34. The van der Waals surface area contributed by atoms with Crippen LogP contribution in [0.25, 0.3) is 0 Å². The lowest BCUT2D eigenvalue weighted by Crippen LogP contribution is -2.65. The smallest absolute Gasteiger partial charge is 0.318 e. The average molecular weight is 545 g/mol. The molecule has 4 heterocycles. The Morgan fingerprint density at radius 3 is 2.21 bits per heavy atom. The summed E-state index contributed by atoms with van der Waals surface area (Å²) in [6, 6.07) is 4.84. The van der Waals surface area contributed by atoms with Gasteiger partial charge in [-0.15, -0.1) is 0 Å². The number of pyridine rings is 1. The summed E-state index contributed by atoms with van der Waals surface area (Å²) in [4.78, 5) is 24.9. The van der Waals surface area contributed by atoms with Gasteiger partial charge in [-0.1, -0.05) is 0 Å². The second kappa shape index (κ2) is 8.96. The van der Waals surface area contributed by atoms with E-state index in [1.54, 1.807) is 0 Å². The van der Waals surface area contributed by atoms with Crippen LogP contribution < -0.4 is 15.1 Å². The molecule has 3 saturated heterocycles. The van der Waals surface area contributed by atoms with E-state index >= 15 is 0 Å². The number of rotatable bonds is 4. The standard InChI is InChI=1S/C27H40N6O4S/c1-38(36,37)32-8-6-30(7-9-32)21-4-5-24(28-15-21)31-16-22-2-3-23(17-31)33(22)26(34)29-25-19-10-18-11-20(25)14-27(35,12-18)13-19/h4-5,15,18-20,22-23,25,35H,2-3,6-14,16-17H2,1H3,(H,29,34). The maximum absolute atomic E-state index is 13.6. The highest BCUT2D eigenvalue weighted by atomic mass is 32.2. The predicted octanol–water partition coefficient (Wildman–Crippen LogP) is 1.47. The fourth-order valence-electron chi connectivity index (χ4n) is 8.89. The molecule has 208 valence electrons. The van der Waals surface area contributed by atoms with Gasteiger partial charge in [-0.25, -0.2) is 18.2 Å². The van der Waals surface area contributed by atoms with Gasteiger partial charge in [0.2, 0.25) is 10.0 Å². The zero-order chi connectivity index (χ0) is 26.2. The average Bonchev–Trinajstić information content (AvgIpc) is 3.14. The van der Waals surface area contributed by atoms with Crippen LogP contribution in [-0.2, 0) is 10.0 Å². The molecule has 3 aliphatic heterocycles. The topological polar surface area (TPSA) is 109 Å². The van der Waals surface area contributed by atoms with E-state index in [1.807, 2.05) is 6.20 Å². The lowest BCUT2D eigenvalue weighted by Gasteiger charge is -2.58. The molecule has 4 aliphatic carbocycles. The van der Waals surface area contributed by atoms with Crippen molar-refractivity contribution >= 4 is 27.6 Å². The Hall–Kier alpha value is -2.11. The minimum absolute atomic E-state index is 0.0955. The number of hydrogen-bond acceptors (Lipinski definition) is 7. The second-order valence-corrected chi connectivity index (χ2v) is 14.9. The molecular formula is C27H40N6O4S. The van der Waals surface area contributed by atoms with Crippen molar-refractivity contribution in [3.05, 3.63) is 18.3 Å². The number of carbonyl (C=O) groups is 1. The van der Waals surface area contributed by atoms with Crippen molar-refractivity contribution in [3.8, 4) is 0 Å². The number of aliphatic hydroxyl groups is 1. The van der Waals surface area contributed by atoms with E-state index in [-0.39, 0.29) is 24.2 Å². The van der Waals surface area contributed by atoms with Crippen molar-refractivity contribution in [1.82, 2.24) is 19.5 Å². The van der Waals surface area contributed by atoms with Crippen molar-refractivity contribution in [3.63, 3.8) is 0 Å². The second-order valence-electron chi connectivity index (χ2n) is 12.9. The van der Waals surface area contributed by atoms with Crippen LogP contribution in [0.4, 0.5) is 16.3 Å². The molecule has 8 rings (SSSR count). The normalized spacial score (nSPS) is 38.6. The summed E-state index contributed by atoms with van der Waals surface area (Å²) in [5, 5.41) is 14.4. The first-order chi connectivity index (χ1) is 18.1. The molecule has 0 radical (unpaired) electrons. The Bertz CT molecular complexity index is 1160. The van der Waals surface area contributed by atoms with E-state index in [0.29, 0.717) is 43.9 Å². The lowest BCUT2D eigenvalue weighted by atomic mass is 9.52. The van der Waals surface area contributed by atoms with Crippen LogP contribution >= 0.6 is 0 Å². The first-order valence-electron chi connectivity index (χ1n) is 14.4. The summed E-state index contributed by atoms with van der Waals surface area (Å²) in [7, 11) is -3.14. The number of nitrogens with one attached hydrogen (secondary N) is 1. The van der Waals surface area contributed by atoms with Crippen molar-refractivity contribution in [1.29, 1.82) is 0 Å². The van der Waals surface area contributed by atoms with Gasteiger partial charge in [-0.2, -0.15) is 4.31 Å². The maximum Gasteiger partial charge on any atom is 0.318 e. The Balaban J connectivity index is 0.969. The number of aromatic nitrogens is 1. The van der Waals surface area contributed by atoms with Crippen LogP contribution in [0.1, 0.15) is 44.9 Å². The highest BCUT2D eigenvalue weighted by molar-refractivity contribution is 7.88. The number of amides is 2. The van der Waals surface area contributed by atoms with Crippen molar-refractivity contribution in [2.24, 2.45) is 17.8 Å². The van der Waals surface area contributed by atoms with Crippen LogP contribution in [0.3, 0.4) is 0 Å². The minimum atomic E-state index is -3.14. The summed E-state index contributed by atoms with van der Waals surface area (Å²) in [6.07, 6.45) is 10.2. The van der Waals surface area contributed by atoms with Gasteiger partial charge in [0.25, 0.3) is 0 Å². The van der Waals surface area contributed by atoms with Gasteiger partial charge in [-0.05, 0) is 74.8 Å². The molecule has 10 nitrogen and oxygen atoms in total. The molecule has 1 aromatic heterocycles. The molecule has 6 bridgehead atoms. The fourth-order valence-corrected chi connectivity index (χ4v) is 9.71. The summed E-state index contributed by atoms with van der Waals surface area (Å²) < 4.78 is 25.1. The first-order valence-corrected chi connectivity index (χ1v) is 16.2. The zero-order valence-electron chi connectivity index (χ0n) is 22.2. The lowest BCUT2D eigenvalue weighted by molar-refractivity contribution is -0.137. The molecular weight excluding hydrogens is 504 g/mol. The number of carbonyl (C=O) groups excluding carboxylic acids is 1. The Labute approximate surface area is 225 Å². The largest absolute Gasteiger partial charge is 0.390 e. The van der Waals surface area contributed by atoms with Crippen molar-refractivity contribution in [2.45, 2.75) is 68.7 Å². The van der Waals surface area contributed by atoms with E-state index < -0.39 is 15.6 Å². The monoisotopic (exact) mass is 544 g/mol. The summed E-state index contributed by atoms with van der Waals surface area (Å²) in [6.45, 7) is 3.91. The molecule has 11 heteroatoms. The summed E-state index contributed by atoms with van der Waals surface area (Å²) >= 11 is 0. The van der Waals surface area contributed by atoms with Crippen molar-refractivity contribution in [2.75, 3.05) is 55.3 Å². The van der Waals surface area contributed by atoms with E-state index in [0.717, 1.165) is 69.5 Å². The van der Waals surface area contributed by atoms with E-state index in [2.05, 4.69) is 32.1 Å². The molecule has 4 unspecified atom stereocenters. The minimum Gasteiger partial charge on any atom is -0.390 e. The molecule has 2 amide bonds. The third-order valence-corrected chi connectivity index (χ3v) is 11.7. The van der Waals surface area contributed by atoms with Gasteiger partial charge >= 0.3 is 6.03 Å². The van der Waals surface area contributed by atoms with Crippen LogP contribution in [-0.4, -0.2) is 103 Å². The zero-order valence-corrected chi connectivity index (χ0v) is 23.0. The number of nitrogens with zero attached hydrogens (tertiary/aromatic N) is 5. The summed E-state index contributed by atoms with van der Waals surface area (Å²) in [5.41, 5.74) is 0.540. The highest BCUT2D eigenvalue weighted by Crippen LogP contribution is 2.55. The maximum atomic E-state index is 13.6. The molecule has 4 atom stereocenters. The number of anilines is 2. The Kier molecular flexibility index (Phi) is 5.87. The third-order valence-electron chi connectivity index (χ3n) is 10.4. The molecule has 1 aromatic rings. The summed E-state index contributed by atoms with van der Waals surface area (Å²) in [5.74, 6) is 2.42. The van der Waals surface area contributed by atoms with Crippen molar-refractivity contribution < 1.29 is 18.3 Å². The molecule has 0 aromatic carbocycles.